The van der Waals surface area contributed by atoms with E-state index >= 15 is 0 Å². The number of aliphatic hydroxyl groups is 1. The van der Waals surface area contributed by atoms with Crippen molar-refractivity contribution in [1.29, 1.82) is 0 Å². The van der Waals surface area contributed by atoms with E-state index in [0.717, 1.165) is 10.6 Å². The van der Waals surface area contributed by atoms with Crippen LogP contribution in [0.2, 0.25) is 0 Å². The van der Waals surface area contributed by atoms with Crippen LogP contribution in [0.5, 0.6) is 0 Å². The molecule has 3 atom stereocenters. The van der Waals surface area contributed by atoms with Gasteiger partial charge in [0.25, 0.3) is 0 Å². The van der Waals surface area contributed by atoms with Crippen LogP contribution in [0.3, 0.4) is 0 Å². The molecule has 21 heavy (non-hydrogen) atoms. The third-order valence-electron chi connectivity index (χ3n) is 4.13. The van der Waals surface area contributed by atoms with Crippen molar-refractivity contribution in [2.45, 2.75) is 24.8 Å². The van der Waals surface area contributed by atoms with Crippen molar-refractivity contribution < 1.29 is 14.4 Å². The molecule has 0 aliphatic carbocycles. The molecule has 0 spiro atoms. The Morgan fingerprint density at radius 2 is 1.52 bits per heavy atom. The zero-order valence-electron chi connectivity index (χ0n) is 11.9. The molecule has 2 aromatic carbocycles. The summed E-state index contributed by atoms with van der Waals surface area (Å²) >= 11 is 0. The molecular formula is C17H19O3P. The van der Waals surface area contributed by atoms with E-state index in [0.29, 0.717) is 0 Å². The molecule has 0 unspecified atom stereocenters. The predicted octanol–water partition coefficient (Wildman–Crippen LogP) is 2.15. The minimum Gasteiger partial charge on any atom is -0.394 e. The summed E-state index contributed by atoms with van der Waals surface area (Å²) in [5.74, 6) is 0. The smallest absolute Gasteiger partial charge is 0.148 e. The maximum absolute atomic E-state index is 13.9. The molecule has 4 heteroatoms. The molecule has 0 radical (unpaired) electrons. The molecule has 2 aromatic rings. The van der Waals surface area contributed by atoms with Crippen molar-refractivity contribution in [3.63, 3.8) is 0 Å². The molecule has 1 heterocycles. The maximum atomic E-state index is 13.9. The van der Waals surface area contributed by atoms with E-state index in [-0.39, 0.29) is 24.5 Å². The summed E-state index contributed by atoms with van der Waals surface area (Å²) in [6, 6.07) is 19.2. The predicted molar refractivity (Wildman–Crippen MR) is 85.0 cm³/mol. The van der Waals surface area contributed by atoms with Gasteiger partial charge in [-0.15, -0.1) is 0 Å². The van der Waals surface area contributed by atoms with Gasteiger partial charge in [-0.3, -0.25) is 0 Å². The number of rotatable bonds is 5. The fraction of sp³-hybridized carbons (Fsp3) is 0.294. The Morgan fingerprint density at radius 1 is 1.05 bits per heavy atom. The minimum atomic E-state index is -2.80. The van der Waals surface area contributed by atoms with Crippen LogP contribution in [0.1, 0.15) is 6.92 Å². The number of hydrogen-bond donors (Lipinski definition) is 1. The molecule has 0 amide bonds. The summed E-state index contributed by atoms with van der Waals surface area (Å²) < 4.78 is 19.4. The Bertz CT molecular complexity index is 598. The van der Waals surface area contributed by atoms with Crippen LogP contribution >= 0.6 is 7.14 Å². The molecule has 3 rings (SSSR count). The Kier molecular flexibility index (Phi) is 3.99. The van der Waals surface area contributed by atoms with Gasteiger partial charge in [0.1, 0.15) is 13.2 Å². The zero-order valence-corrected chi connectivity index (χ0v) is 12.8. The summed E-state index contributed by atoms with van der Waals surface area (Å²) in [5, 5.41) is 10.9. The van der Waals surface area contributed by atoms with E-state index in [1.807, 2.05) is 67.6 Å². The molecule has 1 aliphatic heterocycles. The lowest BCUT2D eigenvalue weighted by molar-refractivity contribution is 0.242. The summed E-state index contributed by atoms with van der Waals surface area (Å²) in [6.07, 6.45) is -0.318. The number of benzene rings is 2. The normalized spacial score (nSPS) is 22.8. The second kappa shape index (κ2) is 5.76. The lowest BCUT2D eigenvalue weighted by Crippen LogP contribution is -2.28. The Hall–Kier alpha value is -1.41. The summed E-state index contributed by atoms with van der Waals surface area (Å²) in [6.45, 7) is 1.94. The molecule has 3 nitrogen and oxygen atoms in total. The van der Waals surface area contributed by atoms with Crippen molar-refractivity contribution in [2.75, 3.05) is 6.61 Å². The van der Waals surface area contributed by atoms with Crippen molar-refractivity contribution >= 4 is 17.8 Å². The summed E-state index contributed by atoms with van der Waals surface area (Å²) in [5.41, 5.74) is -0.153. The highest BCUT2D eigenvalue weighted by Crippen LogP contribution is 2.53. The minimum absolute atomic E-state index is 0.0153. The average Bonchev–Trinajstić information content (AvgIpc) is 3.34. The number of epoxide rings is 1. The van der Waals surface area contributed by atoms with Crippen LogP contribution in [-0.4, -0.2) is 29.6 Å². The van der Waals surface area contributed by atoms with Crippen molar-refractivity contribution in [3.8, 4) is 0 Å². The number of aliphatic hydroxyl groups excluding tert-OH is 1. The largest absolute Gasteiger partial charge is 0.394 e. The van der Waals surface area contributed by atoms with Gasteiger partial charge >= 0.3 is 0 Å². The van der Waals surface area contributed by atoms with Crippen LogP contribution in [0, 0.1) is 0 Å². The zero-order chi connectivity index (χ0) is 14.9. The van der Waals surface area contributed by atoms with E-state index in [4.69, 9.17) is 4.74 Å². The quantitative estimate of drug-likeness (QED) is 0.680. The van der Waals surface area contributed by atoms with Gasteiger partial charge in [0.2, 0.25) is 0 Å². The van der Waals surface area contributed by atoms with E-state index in [1.165, 1.54) is 0 Å². The molecular weight excluding hydrogens is 283 g/mol. The molecule has 0 bridgehead atoms. The maximum Gasteiger partial charge on any atom is 0.148 e. The Morgan fingerprint density at radius 3 is 1.90 bits per heavy atom. The van der Waals surface area contributed by atoms with Gasteiger partial charge in [-0.1, -0.05) is 67.6 Å². The standard InChI is InChI=1S/C17H19O3P/c1-13(17-16(12-18)20-17)21(19,14-8-4-2-5-9-14)15-10-6-3-7-11-15/h2-11,13,16-18H,12H2,1H3/t13-,16+,17+/m0/s1. The van der Waals surface area contributed by atoms with Crippen molar-refractivity contribution in [1.82, 2.24) is 0 Å². The van der Waals surface area contributed by atoms with Crippen LogP contribution in [0.25, 0.3) is 0 Å². The fourth-order valence-electron chi connectivity index (χ4n) is 2.85. The van der Waals surface area contributed by atoms with E-state index in [1.54, 1.807) is 0 Å². The summed E-state index contributed by atoms with van der Waals surface area (Å²) in [4.78, 5) is 0. The summed E-state index contributed by atoms with van der Waals surface area (Å²) in [7, 11) is -2.80. The number of ether oxygens (including phenoxy) is 1. The van der Waals surface area contributed by atoms with Crippen LogP contribution in [0.15, 0.2) is 60.7 Å². The monoisotopic (exact) mass is 302 g/mol. The first kappa shape index (κ1) is 14.5. The van der Waals surface area contributed by atoms with Gasteiger partial charge in [0.05, 0.1) is 12.7 Å². The third-order valence-corrected chi connectivity index (χ3v) is 7.70. The van der Waals surface area contributed by atoms with Crippen molar-refractivity contribution in [3.05, 3.63) is 60.7 Å². The first-order chi connectivity index (χ1) is 10.2. The number of hydrogen-bond acceptors (Lipinski definition) is 3. The first-order valence-electron chi connectivity index (χ1n) is 7.15. The van der Waals surface area contributed by atoms with E-state index in [2.05, 4.69) is 0 Å². The van der Waals surface area contributed by atoms with E-state index < -0.39 is 7.14 Å². The fourth-order valence-corrected chi connectivity index (χ4v) is 6.00. The van der Waals surface area contributed by atoms with Gasteiger partial charge in [0.15, 0.2) is 0 Å². The highest BCUT2D eigenvalue weighted by atomic mass is 31.2. The molecule has 1 saturated heterocycles. The lowest BCUT2D eigenvalue weighted by atomic mass is 10.2. The van der Waals surface area contributed by atoms with Gasteiger partial charge in [0, 0.05) is 16.3 Å². The molecule has 1 aliphatic rings. The Balaban J connectivity index is 2.06. The molecule has 110 valence electrons. The van der Waals surface area contributed by atoms with Gasteiger partial charge in [-0.25, -0.2) is 0 Å². The van der Waals surface area contributed by atoms with Crippen LogP contribution in [0.4, 0.5) is 0 Å². The topological polar surface area (TPSA) is 49.8 Å². The molecule has 0 aromatic heterocycles. The third kappa shape index (κ3) is 2.57. The second-order valence-corrected chi connectivity index (χ2v) is 8.55. The van der Waals surface area contributed by atoms with Crippen LogP contribution < -0.4 is 10.6 Å². The highest BCUT2D eigenvalue weighted by Gasteiger charge is 2.50. The highest BCUT2D eigenvalue weighted by molar-refractivity contribution is 7.79. The van der Waals surface area contributed by atoms with Crippen LogP contribution in [-0.2, 0) is 9.30 Å². The molecule has 0 saturated carbocycles. The SMILES string of the molecule is C[C@@H]([C@H]1O[C@@H]1CO)P(=O)(c1ccccc1)c1ccccc1. The first-order valence-corrected chi connectivity index (χ1v) is 8.93. The Labute approximate surface area is 125 Å². The molecule has 1 N–H and O–H groups in total. The van der Waals surface area contributed by atoms with E-state index in [9.17, 15) is 9.67 Å². The average molecular weight is 302 g/mol. The second-order valence-electron chi connectivity index (χ2n) is 5.39. The van der Waals surface area contributed by atoms with Gasteiger partial charge in [-0.2, -0.15) is 0 Å². The molecule has 1 fully saturated rings. The van der Waals surface area contributed by atoms with Gasteiger partial charge in [-0.05, 0) is 0 Å². The van der Waals surface area contributed by atoms with Crippen molar-refractivity contribution in [2.24, 2.45) is 0 Å². The van der Waals surface area contributed by atoms with Gasteiger partial charge < -0.3 is 14.4 Å². The lowest BCUT2D eigenvalue weighted by Gasteiger charge is -2.25.